The fourth-order valence-electron chi connectivity index (χ4n) is 1.50. The molecule has 0 heterocycles. The van der Waals surface area contributed by atoms with E-state index in [2.05, 4.69) is 10.6 Å². The van der Waals surface area contributed by atoms with E-state index in [-0.39, 0.29) is 11.8 Å². The van der Waals surface area contributed by atoms with Gasteiger partial charge < -0.3 is 20.1 Å². The Morgan fingerprint density at radius 1 is 1.20 bits per heavy atom. The summed E-state index contributed by atoms with van der Waals surface area (Å²) < 4.78 is 10.6. The van der Waals surface area contributed by atoms with E-state index < -0.39 is 6.10 Å². The van der Waals surface area contributed by atoms with Crippen LogP contribution >= 0.6 is 0 Å². The predicted octanol–water partition coefficient (Wildman–Crippen LogP) is 0.715. The third-order valence-electron chi connectivity index (χ3n) is 2.52. The second-order valence-corrected chi connectivity index (χ2v) is 4.21. The fraction of sp³-hybridized carbons (Fsp3) is 0.429. The third kappa shape index (κ3) is 5.60. The van der Waals surface area contributed by atoms with Crippen molar-refractivity contribution in [1.82, 2.24) is 10.6 Å². The lowest BCUT2D eigenvalue weighted by atomic mass is 10.3. The summed E-state index contributed by atoms with van der Waals surface area (Å²) in [5.41, 5.74) is 0. The second-order valence-electron chi connectivity index (χ2n) is 4.21. The maximum atomic E-state index is 11.8. The van der Waals surface area contributed by atoms with Crippen molar-refractivity contribution in [3.05, 3.63) is 24.3 Å². The quantitative estimate of drug-likeness (QED) is 0.721. The lowest BCUT2D eigenvalue weighted by molar-refractivity contribution is -0.127. The molecule has 0 spiro atoms. The molecule has 1 unspecified atom stereocenters. The molecule has 0 saturated carbocycles. The highest BCUT2D eigenvalue weighted by Crippen LogP contribution is 2.19. The minimum Gasteiger partial charge on any atom is -0.497 e. The molecule has 110 valence electrons. The Morgan fingerprint density at radius 2 is 1.85 bits per heavy atom. The molecule has 0 fully saturated rings. The Bertz CT molecular complexity index is 462. The fourth-order valence-corrected chi connectivity index (χ4v) is 1.50. The van der Waals surface area contributed by atoms with Crippen molar-refractivity contribution in [1.29, 1.82) is 0 Å². The van der Waals surface area contributed by atoms with E-state index in [1.807, 2.05) is 0 Å². The zero-order valence-corrected chi connectivity index (χ0v) is 11.9. The number of ether oxygens (including phenoxy) is 2. The number of hydrogen-bond donors (Lipinski definition) is 2. The molecule has 1 atom stereocenters. The summed E-state index contributed by atoms with van der Waals surface area (Å²) >= 11 is 0. The average Bonchev–Trinajstić information content (AvgIpc) is 2.43. The first-order valence-corrected chi connectivity index (χ1v) is 6.35. The van der Waals surface area contributed by atoms with Crippen molar-refractivity contribution in [3.8, 4) is 11.5 Å². The maximum absolute atomic E-state index is 11.8. The molecule has 6 nitrogen and oxygen atoms in total. The van der Waals surface area contributed by atoms with Gasteiger partial charge in [0.2, 0.25) is 5.91 Å². The largest absolute Gasteiger partial charge is 0.497 e. The summed E-state index contributed by atoms with van der Waals surface area (Å²) in [5, 5.41) is 5.27. The number of amides is 2. The summed E-state index contributed by atoms with van der Waals surface area (Å²) in [6, 6.07) is 7.05. The van der Waals surface area contributed by atoms with Crippen LogP contribution in [0.1, 0.15) is 13.8 Å². The van der Waals surface area contributed by atoms with E-state index in [0.717, 1.165) is 0 Å². The van der Waals surface area contributed by atoms with Gasteiger partial charge in [-0.15, -0.1) is 0 Å². The molecule has 0 saturated heterocycles. The minimum absolute atomic E-state index is 0.125. The van der Waals surface area contributed by atoms with Crippen molar-refractivity contribution in [2.45, 2.75) is 20.0 Å². The molecule has 1 aromatic carbocycles. The zero-order chi connectivity index (χ0) is 15.0. The molecule has 6 heteroatoms. The summed E-state index contributed by atoms with van der Waals surface area (Å²) in [7, 11) is 1.57. The molecule has 0 aromatic heterocycles. The maximum Gasteiger partial charge on any atom is 0.260 e. The topological polar surface area (TPSA) is 76.7 Å². The highest BCUT2D eigenvalue weighted by Gasteiger charge is 2.14. The Balaban J connectivity index is 2.38. The van der Waals surface area contributed by atoms with Gasteiger partial charge in [0.05, 0.1) is 7.11 Å². The van der Waals surface area contributed by atoms with Gasteiger partial charge in [-0.2, -0.15) is 0 Å². The van der Waals surface area contributed by atoms with Crippen LogP contribution in [0.2, 0.25) is 0 Å². The number of benzene rings is 1. The van der Waals surface area contributed by atoms with Crippen LogP contribution in [0, 0.1) is 0 Å². The van der Waals surface area contributed by atoms with Crippen molar-refractivity contribution < 1.29 is 19.1 Å². The molecule has 1 rings (SSSR count). The van der Waals surface area contributed by atoms with E-state index >= 15 is 0 Å². The van der Waals surface area contributed by atoms with Gasteiger partial charge in [0.1, 0.15) is 11.5 Å². The van der Waals surface area contributed by atoms with Crippen molar-refractivity contribution in [2.75, 3.05) is 20.2 Å². The molecule has 2 N–H and O–H groups in total. The first kappa shape index (κ1) is 15.8. The molecular weight excluding hydrogens is 260 g/mol. The Labute approximate surface area is 118 Å². The summed E-state index contributed by atoms with van der Waals surface area (Å²) in [6.07, 6.45) is -0.626. The smallest absolute Gasteiger partial charge is 0.260 e. The number of hydrogen-bond acceptors (Lipinski definition) is 4. The molecule has 0 aliphatic rings. The van der Waals surface area contributed by atoms with Crippen LogP contribution in [0.15, 0.2) is 24.3 Å². The molecule has 0 aliphatic carbocycles. The highest BCUT2D eigenvalue weighted by atomic mass is 16.5. The molecule has 20 heavy (non-hydrogen) atoms. The number of carbonyl (C=O) groups excluding carboxylic acids is 2. The molecular formula is C14H20N2O4. The van der Waals surface area contributed by atoms with Crippen LogP contribution in [0.4, 0.5) is 0 Å². The second kappa shape index (κ2) is 8.04. The third-order valence-corrected chi connectivity index (χ3v) is 2.52. The van der Waals surface area contributed by atoms with Gasteiger partial charge in [-0.3, -0.25) is 9.59 Å². The van der Waals surface area contributed by atoms with Crippen molar-refractivity contribution >= 4 is 11.8 Å². The predicted molar refractivity (Wildman–Crippen MR) is 74.8 cm³/mol. The molecule has 2 amide bonds. The van der Waals surface area contributed by atoms with Gasteiger partial charge in [-0.05, 0) is 19.1 Å². The first-order chi connectivity index (χ1) is 9.52. The standard InChI is InChI=1S/C14H20N2O4/c1-10(14(18)16-8-7-15-11(2)17)20-13-6-4-5-12(9-13)19-3/h4-6,9-10H,7-8H2,1-3H3,(H,15,17)(H,16,18). The zero-order valence-electron chi connectivity index (χ0n) is 11.9. The van der Waals surface area contributed by atoms with E-state index in [4.69, 9.17) is 9.47 Å². The Hall–Kier alpha value is -2.24. The lowest BCUT2D eigenvalue weighted by Gasteiger charge is -2.15. The highest BCUT2D eigenvalue weighted by molar-refractivity contribution is 5.80. The average molecular weight is 280 g/mol. The van der Waals surface area contributed by atoms with E-state index in [9.17, 15) is 9.59 Å². The van der Waals surface area contributed by atoms with Crippen LogP contribution in [-0.4, -0.2) is 38.1 Å². The minimum atomic E-state index is -0.626. The van der Waals surface area contributed by atoms with Gasteiger partial charge in [-0.1, -0.05) is 6.07 Å². The lowest BCUT2D eigenvalue weighted by Crippen LogP contribution is -2.40. The number of carbonyl (C=O) groups is 2. The molecule has 0 bridgehead atoms. The number of nitrogens with one attached hydrogen (secondary N) is 2. The van der Waals surface area contributed by atoms with Gasteiger partial charge in [-0.25, -0.2) is 0 Å². The first-order valence-electron chi connectivity index (χ1n) is 6.35. The van der Waals surface area contributed by atoms with Gasteiger partial charge in [0.25, 0.3) is 5.91 Å². The van der Waals surface area contributed by atoms with Crippen LogP contribution < -0.4 is 20.1 Å². The monoisotopic (exact) mass is 280 g/mol. The summed E-state index contributed by atoms with van der Waals surface area (Å²) in [5.74, 6) is 0.868. The number of methoxy groups -OCH3 is 1. The van der Waals surface area contributed by atoms with Crippen LogP contribution in [0.3, 0.4) is 0 Å². The molecule has 1 aromatic rings. The Morgan fingerprint density at radius 3 is 2.50 bits per heavy atom. The van der Waals surface area contributed by atoms with Gasteiger partial charge in [0.15, 0.2) is 6.10 Å². The summed E-state index contributed by atoms with van der Waals surface area (Å²) in [4.78, 5) is 22.4. The van der Waals surface area contributed by atoms with E-state index in [0.29, 0.717) is 24.6 Å². The van der Waals surface area contributed by atoms with Crippen LogP contribution in [0.25, 0.3) is 0 Å². The van der Waals surface area contributed by atoms with E-state index in [1.54, 1.807) is 38.3 Å². The van der Waals surface area contributed by atoms with Crippen LogP contribution in [0.5, 0.6) is 11.5 Å². The van der Waals surface area contributed by atoms with Crippen molar-refractivity contribution in [3.63, 3.8) is 0 Å². The van der Waals surface area contributed by atoms with Crippen molar-refractivity contribution in [2.24, 2.45) is 0 Å². The normalized spacial score (nSPS) is 11.3. The van der Waals surface area contributed by atoms with E-state index in [1.165, 1.54) is 6.92 Å². The number of rotatable bonds is 7. The van der Waals surface area contributed by atoms with Gasteiger partial charge in [0, 0.05) is 26.1 Å². The summed E-state index contributed by atoms with van der Waals surface area (Å²) in [6.45, 7) is 3.85. The molecule has 0 aliphatic heterocycles. The SMILES string of the molecule is COc1cccc(OC(C)C(=O)NCCNC(C)=O)c1. The van der Waals surface area contributed by atoms with Crippen LogP contribution in [-0.2, 0) is 9.59 Å². The Kier molecular flexibility index (Phi) is 6.36. The van der Waals surface area contributed by atoms with Gasteiger partial charge >= 0.3 is 0 Å². The molecule has 0 radical (unpaired) electrons.